The standard InChI is InChI=1S/C17H24N4O2S.2ClH/c1-12-4-5-15(23-12)14(21-8-2-3-9-21)10-19-17(22)13-11-24-16(20-13)6-7-18;;/h4-5,11,14H,2-3,6-10,18H2,1H3,(H,19,22);2*1H. The zero-order valence-corrected chi connectivity index (χ0v) is 17.2. The van der Waals surface area contributed by atoms with Gasteiger partial charge < -0.3 is 15.5 Å². The summed E-state index contributed by atoms with van der Waals surface area (Å²) in [4.78, 5) is 19.1. The molecule has 1 unspecified atom stereocenters. The molecular formula is C17H26Cl2N4O2S. The lowest BCUT2D eigenvalue weighted by Crippen LogP contribution is -2.36. The number of nitrogens with two attached hydrogens (primary N) is 1. The van der Waals surface area contributed by atoms with E-state index in [4.69, 9.17) is 10.2 Å². The van der Waals surface area contributed by atoms with E-state index in [2.05, 4.69) is 15.2 Å². The minimum Gasteiger partial charge on any atom is -0.465 e. The van der Waals surface area contributed by atoms with Crippen LogP contribution in [0.25, 0.3) is 0 Å². The van der Waals surface area contributed by atoms with E-state index >= 15 is 0 Å². The first-order chi connectivity index (χ1) is 11.7. The van der Waals surface area contributed by atoms with Crippen molar-refractivity contribution in [3.8, 4) is 0 Å². The molecule has 3 heterocycles. The van der Waals surface area contributed by atoms with Crippen molar-refractivity contribution in [2.45, 2.75) is 32.2 Å². The number of rotatable bonds is 7. The summed E-state index contributed by atoms with van der Waals surface area (Å²) in [6.07, 6.45) is 3.09. The van der Waals surface area contributed by atoms with Gasteiger partial charge in [0.2, 0.25) is 0 Å². The summed E-state index contributed by atoms with van der Waals surface area (Å²) >= 11 is 1.48. The number of carbonyl (C=O) groups is 1. The molecule has 1 atom stereocenters. The van der Waals surface area contributed by atoms with Gasteiger partial charge in [-0.1, -0.05) is 0 Å². The average Bonchev–Trinajstić information content (AvgIpc) is 3.30. The molecule has 6 nitrogen and oxygen atoms in total. The number of thiazole rings is 1. The van der Waals surface area contributed by atoms with Crippen LogP contribution in [0.2, 0.25) is 0 Å². The Morgan fingerprint density at radius 2 is 2.12 bits per heavy atom. The van der Waals surface area contributed by atoms with E-state index in [1.807, 2.05) is 19.1 Å². The molecule has 1 amide bonds. The molecular weight excluding hydrogens is 395 g/mol. The van der Waals surface area contributed by atoms with Crippen LogP contribution in [-0.2, 0) is 6.42 Å². The first kappa shape index (κ1) is 22.9. The van der Waals surface area contributed by atoms with Crippen molar-refractivity contribution in [3.05, 3.63) is 39.7 Å². The summed E-state index contributed by atoms with van der Waals surface area (Å²) in [6, 6.07) is 4.05. The van der Waals surface area contributed by atoms with E-state index in [0.29, 0.717) is 25.2 Å². The zero-order valence-electron chi connectivity index (χ0n) is 14.8. The number of nitrogens with one attached hydrogen (secondary N) is 1. The molecule has 0 saturated carbocycles. The second kappa shape index (κ2) is 10.9. The summed E-state index contributed by atoms with van der Waals surface area (Å²) in [5, 5.41) is 5.71. The van der Waals surface area contributed by atoms with E-state index in [1.165, 1.54) is 24.2 Å². The van der Waals surface area contributed by atoms with Gasteiger partial charge >= 0.3 is 0 Å². The molecule has 1 aliphatic rings. The Balaban J connectivity index is 0.00000169. The molecule has 2 aromatic rings. The number of likely N-dealkylation sites (tertiary alicyclic amines) is 1. The van der Waals surface area contributed by atoms with Crippen LogP contribution in [0.15, 0.2) is 21.9 Å². The monoisotopic (exact) mass is 420 g/mol. The third-order valence-corrected chi connectivity index (χ3v) is 5.18. The topological polar surface area (TPSA) is 84.4 Å². The Kier molecular flexibility index (Phi) is 9.60. The van der Waals surface area contributed by atoms with Crippen LogP contribution in [-0.4, -0.2) is 42.0 Å². The van der Waals surface area contributed by atoms with Crippen molar-refractivity contribution >= 4 is 42.1 Å². The van der Waals surface area contributed by atoms with Gasteiger partial charge in [-0.2, -0.15) is 0 Å². The van der Waals surface area contributed by atoms with Gasteiger partial charge in [-0.05, 0) is 51.5 Å². The Morgan fingerprint density at radius 1 is 1.38 bits per heavy atom. The van der Waals surface area contributed by atoms with Crippen molar-refractivity contribution in [1.82, 2.24) is 15.2 Å². The van der Waals surface area contributed by atoms with Gasteiger partial charge in [0.15, 0.2) is 0 Å². The fourth-order valence-electron chi connectivity index (χ4n) is 3.03. The molecule has 0 aromatic carbocycles. The van der Waals surface area contributed by atoms with Crippen LogP contribution in [0, 0.1) is 6.92 Å². The van der Waals surface area contributed by atoms with Gasteiger partial charge in [-0.3, -0.25) is 9.69 Å². The van der Waals surface area contributed by atoms with Crippen LogP contribution in [0.5, 0.6) is 0 Å². The van der Waals surface area contributed by atoms with E-state index in [1.54, 1.807) is 5.38 Å². The maximum Gasteiger partial charge on any atom is 0.270 e. The molecule has 3 N–H and O–H groups in total. The number of carbonyl (C=O) groups excluding carboxylic acids is 1. The van der Waals surface area contributed by atoms with Crippen LogP contribution in [0.1, 0.15) is 45.9 Å². The molecule has 26 heavy (non-hydrogen) atoms. The highest BCUT2D eigenvalue weighted by Gasteiger charge is 2.26. The molecule has 0 spiro atoms. The van der Waals surface area contributed by atoms with Crippen LogP contribution in [0.3, 0.4) is 0 Å². The third kappa shape index (κ3) is 5.69. The number of aryl methyl sites for hydroxylation is 1. The molecule has 0 radical (unpaired) electrons. The molecule has 146 valence electrons. The lowest BCUT2D eigenvalue weighted by Gasteiger charge is -2.25. The smallest absolute Gasteiger partial charge is 0.270 e. The summed E-state index contributed by atoms with van der Waals surface area (Å²) in [5.74, 6) is 1.67. The maximum absolute atomic E-state index is 12.4. The molecule has 0 bridgehead atoms. The summed E-state index contributed by atoms with van der Waals surface area (Å²) in [7, 11) is 0. The fourth-order valence-corrected chi connectivity index (χ4v) is 3.82. The van der Waals surface area contributed by atoms with E-state index in [9.17, 15) is 4.79 Å². The average molecular weight is 421 g/mol. The number of nitrogens with zero attached hydrogens (tertiary/aromatic N) is 2. The summed E-state index contributed by atoms with van der Waals surface area (Å²) < 4.78 is 5.81. The second-order valence-electron chi connectivity index (χ2n) is 6.08. The van der Waals surface area contributed by atoms with Gasteiger partial charge in [-0.25, -0.2) is 4.98 Å². The predicted molar refractivity (Wildman–Crippen MR) is 109 cm³/mol. The highest BCUT2D eigenvalue weighted by atomic mass is 35.5. The van der Waals surface area contributed by atoms with E-state index < -0.39 is 0 Å². The molecule has 1 fully saturated rings. The lowest BCUT2D eigenvalue weighted by atomic mass is 10.2. The van der Waals surface area contributed by atoms with Crippen molar-refractivity contribution in [2.24, 2.45) is 5.73 Å². The number of hydrogen-bond donors (Lipinski definition) is 2. The maximum atomic E-state index is 12.4. The Hall–Kier alpha value is -1.12. The van der Waals surface area contributed by atoms with E-state index in [-0.39, 0.29) is 36.8 Å². The number of aromatic nitrogens is 1. The van der Waals surface area contributed by atoms with Crippen LogP contribution >= 0.6 is 36.2 Å². The summed E-state index contributed by atoms with van der Waals surface area (Å²) in [6.45, 7) is 5.09. The van der Waals surface area contributed by atoms with Crippen molar-refractivity contribution in [3.63, 3.8) is 0 Å². The predicted octanol–water partition coefficient (Wildman–Crippen LogP) is 2.96. The van der Waals surface area contributed by atoms with Crippen molar-refractivity contribution in [1.29, 1.82) is 0 Å². The molecule has 9 heteroatoms. The molecule has 3 rings (SSSR count). The lowest BCUT2D eigenvalue weighted by molar-refractivity contribution is 0.0929. The first-order valence-electron chi connectivity index (χ1n) is 8.40. The van der Waals surface area contributed by atoms with Gasteiger partial charge in [-0.15, -0.1) is 36.2 Å². The Morgan fingerprint density at radius 3 is 2.73 bits per heavy atom. The molecule has 2 aromatic heterocycles. The van der Waals surface area contributed by atoms with Crippen LogP contribution in [0.4, 0.5) is 0 Å². The molecule has 1 saturated heterocycles. The third-order valence-electron chi connectivity index (χ3n) is 4.27. The second-order valence-corrected chi connectivity index (χ2v) is 7.03. The van der Waals surface area contributed by atoms with Gasteiger partial charge in [0.25, 0.3) is 5.91 Å². The summed E-state index contributed by atoms with van der Waals surface area (Å²) in [5.41, 5.74) is 6.00. The van der Waals surface area contributed by atoms with E-state index in [0.717, 1.165) is 29.6 Å². The van der Waals surface area contributed by atoms with Crippen molar-refractivity contribution < 1.29 is 9.21 Å². The van der Waals surface area contributed by atoms with Gasteiger partial charge in [0, 0.05) is 18.3 Å². The highest BCUT2D eigenvalue weighted by molar-refractivity contribution is 7.09. The fraction of sp³-hybridized carbons (Fsp3) is 0.529. The molecule has 0 aliphatic carbocycles. The van der Waals surface area contributed by atoms with Crippen LogP contribution < -0.4 is 11.1 Å². The Bertz CT molecular complexity index is 686. The Labute approximate surface area is 170 Å². The minimum atomic E-state index is -0.137. The number of furan rings is 1. The number of halogens is 2. The zero-order chi connectivity index (χ0) is 16.9. The minimum absolute atomic E-state index is 0. The number of hydrogen-bond acceptors (Lipinski definition) is 6. The van der Waals surface area contributed by atoms with Crippen molar-refractivity contribution in [2.75, 3.05) is 26.2 Å². The molecule has 1 aliphatic heterocycles. The van der Waals surface area contributed by atoms with Gasteiger partial charge in [0.05, 0.1) is 11.0 Å². The number of amides is 1. The van der Waals surface area contributed by atoms with Gasteiger partial charge in [0.1, 0.15) is 17.2 Å². The quantitative estimate of drug-likeness (QED) is 0.718. The highest BCUT2D eigenvalue weighted by Crippen LogP contribution is 2.26. The largest absolute Gasteiger partial charge is 0.465 e. The first-order valence-corrected chi connectivity index (χ1v) is 9.28. The SMILES string of the molecule is Cc1ccc(C(CNC(=O)c2csc(CCN)n2)N2CCCC2)o1.Cl.Cl. The normalized spacial score (nSPS) is 15.2.